The maximum Gasteiger partial charge on any atom is 0.251 e. The van der Waals surface area contributed by atoms with Crippen LogP contribution >= 0.6 is 11.6 Å². The summed E-state index contributed by atoms with van der Waals surface area (Å²) in [7, 11) is 0. The van der Waals surface area contributed by atoms with Crippen LogP contribution in [0.15, 0.2) is 42.6 Å². The average Bonchev–Trinajstić information content (AvgIpc) is 2.75. The zero-order valence-corrected chi connectivity index (χ0v) is 17.2. The molecule has 8 nitrogen and oxygen atoms in total. The van der Waals surface area contributed by atoms with Crippen LogP contribution in [0.3, 0.4) is 0 Å². The normalized spacial score (nSPS) is 14.9. The molecular weight excluding hydrogens is 406 g/mol. The van der Waals surface area contributed by atoms with Gasteiger partial charge < -0.3 is 21.3 Å². The van der Waals surface area contributed by atoms with Crippen LogP contribution < -0.4 is 21.3 Å². The lowest BCUT2D eigenvalue weighted by Gasteiger charge is -2.26. The Bertz CT molecular complexity index is 902. The van der Waals surface area contributed by atoms with Gasteiger partial charge in [-0.05, 0) is 49.2 Å². The Morgan fingerprint density at radius 1 is 1.17 bits per heavy atom. The lowest BCUT2D eigenvalue weighted by molar-refractivity contribution is -0.119. The van der Waals surface area contributed by atoms with Crippen LogP contribution in [0.5, 0.6) is 0 Å². The molecular formula is C21H24ClN5O3. The molecule has 3 rings (SSSR count). The van der Waals surface area contributed by atoms with Crippen molar-refractivity contribution in [1.82, 2.24) is 10.3 Å². The number of halogens is 1. The monoisotopic (exact) mass is 429 g/mol. The number of rotatable bonds is 7. The third kappa shape index (κ3) is 5.77. The van der Waals surface area contributed by atoms with Gasteiger partial charge in [0, 0.05) is 43.4 Å². The van der Waals surface area contributed by atoms with E-state index in [0.717, 1.165) is 18.5 Å². The highest BCUT2D eigenvalue weighted by molar-refractivity contribution is 6.30. The minimum absolute atomic E-state index is 0.00685. The van der Waals surface area contributed by atoms with Crippen molar-refractivity contribution in [2.45, 2.75) is 31.7 Å². The quantitative estimate of drug-likeness (QED) is 0.624. The van der Waals surface area contributed by atoms with Crippen LogP contribution in [0.4, 0.5) is 11.5 Å². The van der Waals surface area contributed by atoms with Gasteiger partial charge in [-0.2, -0.15) is 0 Å². The Balaban J connectivity index is 1.55. The largest absolute Gasteiger partial charge is 0.348 e. The molecule has 1 aromatic carbocycles. The van der Waals surface area contributed by atoms with Crippen LogP contribution in [0.1, 0.15) is 36.0 Å². The van der Waals surface area contributed by atoms with Crippen LogP contribution in [0.2, 0.25) is 5.02 Å². The third-order valence-electron chi connectivity index (χ3n) is 4.81. The minimum Gasteiger partial charge on any atom is -0.348 e. The molecule has 1 aliphatic heterocycles. The number of nitrogens with one attached hydrogen (secondary N) is 2. The minimum atomic E-state index is -0.534. The summed E-state index contributed by atoms with van der Waals surface area (Å²) in [5.74, 6) is -0.184. The van der Waals surface area contributed by atoms with Crippen molar-refractivity contribution in [2.75, 3.05) is 23.3 Å². The number of piperidine rings is 1. The van der Waals surface area contributed by atoms with Crippen molar-refractivity contribution in [1.29, 1.82) is 0 Å². The molecule has 1 saturated heterocycles. The lowest BCUT2D eigenvalue weighted by atomic mass is 10.1. The van der Waals surface area contributed by atoms with Gasteiger partial charge in [0.2, 0.25) is 11.8 Å². The number of hydrogen-bond donors (Lipinski definition) is 3. The number of carbonyl (C=O) groups excluding carboxylic acids is 3. The Morgan fingerprint density at radius 2 is 1.93 bits per heavy atom. The fourth-order valence-electron chi connectivity index (χ4n) is 3.20. The van der Waals surface area contributed by atoms with Gasteiger partial charge in [-0.25, -0.2) is 4.98 Å². The predicted molar refractivity (Wildman–Crippen MR) is 115 cm³/mol. The second kappa shape index (κ2) is 10.2. The molecule has 2 aromatic rings. The summed E-state index contributed by atoms with van der Waals surface area (Å²) >= 11 is 5.77. The van der Waals surface area contributed by atoms with Crippen LogP contribution in [-0.2, 0) is 9.59 Å². The van der Waals surface area contributed by atoms with Gasteiger partial charge in [-0.15, -0.1) is 0 Å². The first kappa shape index (κ1) is 21.7. The first-order chi connectivity index (χ1) is 14.5. The number of amides is 3. The summed E-state index contributed by atoms with van der Waals surface area (Å²) < 4.78 is 0. The van der Waals surface area contributed by atoms with Gasteiger partial charge in [-0.3, -0.25) is 14.4 Å². The second-order valence-electron chi connectivity index (χ2n) is 7.07. The first-order valence-electron chi connectivity index (χ1n) is 9.79. The van der Waals surface area contributed by atoms with Crippen LogP contribution in [0.25, 0.3) is 0 Å². The Hall–Kier alpha value is -2.97. The van der Waals surface area contributed by atoms with E-state index in [1.807, 2.05) is 0 Å². The number of nitrogens with zero attached hydrogens (tertiary/aromatic N) is 2. The highest BCUT2D eigenvalue weighted by Gasteiger charge is 2.20. The fourth-order valence-corrected chi connectivity index (χ4v) is 3.31. The molecule has 0 spiro atoms. The number of pyridine rings is 1. The van der Waals surface area contributed by atoms with E-state index >= 15 is 0 Å². The standard InChI is InChI=1S/C21H24ClN5O3/c22-15-6-9-18(24-13-15)26-19(28)11-16(12-23)25-21(30)14-4-7-17(8-5-14)27-10-2-1-3-20(27)29/h4-9,13,16H,1-3,10-12,23H2,(H,25,30)(H,24,26,28). The predicted octanol–water partition coefficient (Wildman–Crippen LogP) is 2.34. The molecule has 0 bridgehead atoms. The second-order valence-corrected chi connectivity index (χ2v) is 7.51. The molecule has 158 valence electrons. The highest BCUT2D eigenvalue weighted by atomic mass is 35.5. The SMILES string of the molecule is NCC(CC(=O)Nc1ccc(Cl)cn1)NC(=O)c1ccc(N2CCCCC2=O)cc1. The molecule has 1 aromatic heterocycles. The molecule has 0 saturated carbocycles. The molecule has 30 heavy (non-hydrogen) atoms. The van der Waals surface area contributed by atoms with Crippen molar-refractivity contribution in [3.8, 4) is 0 Å². The van der Waals surface area contributed by atoms with Gasteiger partial charge in [0.1, 0.15) is 5.82 Å². The van der Waals surface area contributed by atoms with Crippen LogP contribution in [-0.4, -0.2) is 41.8 Å². The van der Waals surface area contributed by atoms with E-state index in [1.54, 1.807) is 41.3 Å². The van der Waals surface area contributed by atoms with Gasteiger partial charge in [0.05, 0.1) is 11.1 Å². The molecule has 1 unspecified atom stereocenters. The molecule has 9 heteroatoms. The summed E-state index contributed by atoms with van der Waals surface area (Å²) in [4.78, 5) is 42.5. The number of benzene rings is 1. The number of carbonyl (C=O) groups is 3. The molecule has 1 fully saturated rings. The number of aromatic nitrogens is 1. The Labute approximate surface area is 179 Å². The molecule has 1 atom stereocenters. The number of hydrogen-bond acceptors (Lipinski definition) is 5. The van der Waals surface area contributed by atoms with Crippen LogP contribution in [0, 0.1) is 0 Å². The van der Waals surface area contributed by atoms with Crippen molar-refractivity contribution >= 4 is 40.8 Å². The van der Waals surface area contributed by atoms with Gasteiger partial charge >= 0.3 is 0 Å². The summed E-state index contributed by atoms with van der Waals surface area (Å²) in [5.41, 5.74) is 6.94. The Kier molecular flexibility index (Phi) is 7.37. The fraction of sp³-hybridized carbons (Fsp3) is 0.333. The van der Waals surface area contributed by atoms with E-state index in [4.69, 9.17) is 17.3 Å². The zero-order valence-electron chi connectivity index (χ0n) is 16.4. The van der Waals surface area contributed by atoms with E-state index in [-0.39, 0.29) is 30.7 Å². The smallest absolute Gasteiger partial charge is 0.251 e. The summed E-state index contributed by atoms with van der Waals surface area (Å²) in [6.07, 6.45) is 3.87. The van der Waals surface area contributed by atoms with E-state index in [9.17, 15) is 14.4 Å². The van der Waals surface area contributed by atoms with Crippen molar-refractivity contribution in [3.63, 3.8) is 0 Å². The van der Waals surface area contributed by atoms with Crippen molar-refractivity contribution in [2.24, 2.45) is 5.73 Å². The maximum absolute atomic E-state index is 12.5. The van der Waals surface area contributed by atoms with E-state index in [1.165, 1.54) is 6.20 Å². The number of anilines is 2. The molecule has 0 radical (unpaired) electrons. The lowest BCUT2D eigenvalue weighted by Crippen LogP contribution is -2.42. The average molecular weight is 430 g/mol. The van der Waals surface area contributed by atoms with Gasteiger partial charge in [0.25, 0.3) is 5.91 Å². The first-order valence-corrected chi connectivity index (χ1v) is 10.2. The zero-order chi connectivity index (χ0) is 21.5. The molecule has 1 aliphatic rings. The maximum atomic E-state index is 12.5. The van der Waals surface area contributed by atoms with Gasteiger partial charge in [-0.1, -0.05) is 11.6 Å². The summed E-state index contributed by atoms with van der Waals surface area (Å²) in [6.45, 7) is 0.796. The summed E-state index contributed by atoms with van der Waals surface area (Å²) in [6, 6.07) is 9.52. The highest BCUT2D eigenvalue weighted by Crippen LogP contribution is 2.21. The molecule has 0 aliphatic carbocycles. The van der Waals surface area contributed by atoms with Crippen molar-refractivity contribution in [3.05, 3.63) is 53.2 Å². The third-order valence-corrected chi connectivity index (χ3v) is 5.03. The molecule has 3 amide bonds. The molecule has 4 N–H and O–H groups in total. The van der Waals surface area contributed by atoms with E-state index < -0.39 is 6.04 Å². The van der Waals surface area contributed by atoms with E-state index in [0.29, 0.717) is 29.4 Å². The van der Waals surface area contributed by atoms with Gasteiger partial charge in [0.15, 0.2) is 0 Å². The van der Waals surface area contributed by atoms with Crippen molar-refractivity contribution < 1.29 is 14.4 Å². The Morgan fingerprint density at radius 3 is 2.57 bits per heavy atom. The van der Waals surface area contributed by atoms with E-state index in [2.05, 4.69) is 15.6 Å². The number of nitrogens with two attached hydrogens (primary N) is 1. The topological polar surface area (TPSA) is 117 Å². The summed E-state index contributed by atoms with van der Waals surface area (Å²) in [5, 5.41) is 5.88. The molecule has 2 heterocycles.